The molecule has 2 nitrogen and oxygen atoms in total. The van der Waals surface area contributed by atoms with Crippen molar-refractivity contribution in [2.45, 2.75) is 58.0 Å². The van der Waals surface area contributed by atoms with Gasteiger partial charge in [-0.25, -0.2) is 0 Å². The summed E-state index contributed by atoms with van der Waals surface area (Å²) in [6.45, 7) is 7.45. The van der Waals surface area contributed by atoms with Gasteiger partial charge in [-0.3, -0.25) is 0 Å². The van der Waals surface area contributed by atoms with Crippen LogP contribution in [0.15, 0.2) is 0 Å². The summed E-state index contributed by atoms with van der Waals surface area (Å²) in [6.07, 6.45) is 7.08. The Balaban J connectivity index is 1.74. The molecule has 0 amide bonds. The molecule has 1 saturated carbocycles. The number of nitrogens with one attached hydrogen (secondary N) is 1. The van der Waals surface area contributed by atoms with Gasteiger partial charge in [-0.1, -0.05) is 13.3 Å². The van der Waals surface area contributed by atoms with Gasteiger partial charge < -0.3 is 10.2 Å². The van der Waals surface area contributed by atoms with Crippen LogP contribution in [0.1, 0.15) is 46.0 Å². The Morgan fingerprint density at radius 1 is 1.25 bits per heavy atom. The Bertz CT molecular complexity index is 215. The minimum Gasteiger partial charge on any atom is -0.317 e. The van der Waals surface area contributed by atoms with Crippen molar-refractivity contribution in [3.8, 4) is 0 Å². The van der Waals surface area contributed by atoms with Gasteiger partial charge in [-0.15, -0.1) is 0 Å². The first-order valence-corrected chi connectivity index (χ1v) is 7.12. The van der Waals surface area contributed by atoms with Gasteiger partial charge in [0, 0.05) is 18.6 Å². The molecule has 4 atom stereocenters. The predicted octanol–water partition coefficient (Wildman–Crippen LogP) is 2.49. The standard InChI is InChI=1S/C14H28N2/c1-11-9-12(2)16(10-11)8-7-13-5-4-6-14(13)15-3/h11-15H,4-10H2,1-3H3. The predicted molar refractivity (Wildman–Crippen MR) is 69.6 cm³/mol. The van der Waals surface area contributed by atoms with Gasteiger partial charge in [0.2, 0.25) is 0 Å². The summed E-state index contributed by atoms with van der Waals surface area (Å²) in [5.41, 5.74) is 0. The Labute approximate surface area is 101 Å². The number of nitrogens with zero attached hydrogens (tertiary/aromatic N) is 1. The molecular weight excluding hydrogens is 196 g/mol. The van der Waals surface area contributed by atoms with Crippen LogP contribution in [0.5, 0.6) is 0 Å². The first kappa shape index (κ1) is 12.4. The third-order valence-electron chi connectivity index (χ3n) is 4.73. The highest BCUT2D eigenvalue weighted by Gasteiger charge is 2.29. The van der Waals surface area contributed by atoms with E-state index in [4.69, 9.17) is 0 Å². The Kier molecular flexibility index (Phi) is 4.26. The summed E-state index contributed by atoms with van der Waals surface area (Å²) in [5.74, 6) is 1.85. The minimum absolute atomic E-state index is 0.801. The van der Waals surface area contributed by atoms with Crippen molar-refractivity contribution in [2.75, 3.05) is 20.1 Å². The van der Waals surface area contributed by atoms with Crippen molar-refractivity contribution in [3.05, 3.63) is 0 Å². The summed E-state index contributed by atoms with van der Waals surface area (Å²) in [4.78, 5) is 2.70. The van der Waals surface area contributed by atoms with E-state index in [0.717, 1.165) is 23.9 Å². The van der Waals surface area contributed by atoms with Crippen LogP contribution < -0.4 is 5.32 Å². The summed E-state index contributed by atoms with van der Waals surface area (Å²) in [7, 11) is 2.13. The molecule has 1 N–H and O–H groups in total. The summed E-state index contributed by atoms with van der Waals surface area (Å²) >= 11 is 0. The molecule has 2 aliphatic rings. The summed E-state index contributed by atoms with van der Waals surface area (Å²) in [5, 5.41) is 3.49. The fourth-order valence-corrected chi connectivity index (χ4v) is 3.79. The van der Waals surface area contributed by atoms with Crippen LogP contribution in [-0.4, -0.2) is 37.1 Å². The van der Waals surface area contributed by atoms with Gasteiger partial charge in [-0.2, -0.15) is 0 Å². The van der Waals surface area contributed by atoms with E-state index in [1.165, 1.54) is 45.2 Å². The molecule has 0 aromatic carbocycles. The molecule has 94 valence electrons. The largest absolute Gasteiger partial charge is 0.317 e. The molecule has 2 fully saturated rings. The summed E-state index contributed by atoms with van der Waals surface area (Å²) in [6, 6.07) is 1.62. The minimum atomic E-state index is 0.801. The van der Waals surface area contributed by atoms with Crippen LogP contribution in [0.2, 0.25) is 0 Å². The van der Waals surface area contributed by atoms with Crippen LogP contribution in [-0.2, 0) is 0 Å². The Morgan fingerprint density at radius 3 is 2.69 bits per heavy atom. The van der Waals surface area contributed by atoms with E-state index in [0.29, 0.717) is 0 Å². The molecule has 1 saturated heterocycles. The maximum absolute atomic E-state index is 3.49. The van der Waals surface area contributed by atoms with Crippen LogP contribution >= 0.6 is 0 Å². The van der Waals surface area contributed by atoms with Gasteiger partial charge in [0.25, 0.3) is 0 Å². The maximum Gasteiger partial charge on any atom is 0.00928 e. The third kappa shape index (κ3) is 2.78. The zero-order valence-corrected chi connectivity index (χ0v) is 11.2. The molecule has 0 spiro atoms. The number of rotatable bonds is 4. The molecule has 1 heterocycles. The Morgan fingerprint density at radius 2 is 2.06 bits per heavy atom. The first-order chi connectivity index (χ1) is 7.70. The number of hydrogen-bond acceptors (Lipinski definition) is 2. The fourth-order valence-electron chi connectivity index (χ4n) is 3.79. The third-order valence-corrected chi connectivity index (χ3v) is 4.73. The van der Waals surface area contributed by atoms with E-state index < -0.39 is 0 Å². The second-order valence-electron chi connectivity index (χ2n) is 6.06. The number of likely N-dealkylation sites (tertiary alicyclic amines) is 1. The lowest BCUT2D eigenvalue weighted by Gasteiger charge is -2.25. The van der Waals surface area contributed by atoms with Crippen molar-refractivity contribution < 1.29 is 0 Å². The lowest BCUT2D eigenvalue weighted by atomic mass is 9.99. The van der Waals surface area contributed by atoms with E-state index in [-0.39, 0.29) is 0 Å². The van der Waals surface area contributed by atoms with Crippen molar-refractivity contribution in [1.29, 1.82) is 0 Å². The molecular formula is C14H28N2. The Hall–Kier alpha value is -0.0800. The highest BCUT2D eigenvalue weighted by Crippen LogP contribution is 2.30. The summed E-state index contributed by atoms with van der Waals surface area (Å²) < 4.78 is 0. The monoisotopic (exact) mass is 224 g/mol. The van der Waals surface area contributed by atoms with Gasteiger partial charge >= 0.3 is 0 Å². The second-order valence-corrected chi connectivity index (χ2v) is 6.06. The lowest BCUT2D eigenvalue weighted by molar-refractivity contribution is 0.235. The molecule has 1 aliphatic heterocycles. The molecule has 0 aromatic rings. The zero-order valence-electron chi connectivity index (χ0n) is 11.2. The molecule has 0 radical (unpaired) electrons. The van der Waals surface area contributed by atoms with Crippen molar-refractivity contribution in [2.24, 2.45) is 11.8 Å². The zero-order chi connectivity index (χ0) is 11.5. The average molecular weight is 224 g/mol. The lowest BCUT2D eigenvalue weighted by Crippen LogP contribution is -2.34. The van der Waals surface area contributed by atoms with Crippen molar-refractivity contribution in [1.82, 2.24) is 10.2 Å². The van der Waals surface area contributed by atoms with Crippen LogP contribution in [0, 0.1) is 11.8 Å². The van der Waals surface area contributed by atoms with E-state index >= 15 is 0 Å². The second kappa shape index (κ2) is 5.50. The number of hydrogen-bond donors (Lipinski definition) is 1. The molecule has 2 heteroatoms. The maximum atomic E-state index is 3.49. The molecule has 4 unspecified atom stereocenters. The quantitative estimate of drug-likeness (QED) is 0.789. The molecule has 16 heavy (non-hydrogen) atoms. The van der Waals surface area contributed by atoms with Crippen molar-refractivity contribution in [3.63, 3.8) is 0 Å². The highest BCUT2D eigenvalue weighted by molar-refractivity contribution is 4.85. The molecule has 0 aromatic heterocycles. The van der Waals surface area contributed by atoms with E-state index in [1.807, 2.05) is 0 Å². The van der Waals surface area contributed by atoms with Gasteiger partial charge in [-0.05, 0) is 58.0 Å². The van der Waals surface area contributed by atoms with Crippen LogP contribution in [0.4, 0.5) is 0 Å². The van der Waals surface area contributed by atoms with E-state index in [2.05, 4.69) is 31.1 Å². The SMILES string of the molecule is CNC1CCCC1CCN1CC(C)CC1C. The van der Waals surface area contributed by atoms with Gasteiger partial charge in [0.05, 0.1) is 0 Å². The molecule has 0 bridgehead atoms. The van der Waals surface area contributed by atoms with Crippen molar-refractivity contribution >= 4 is 0 Å². The fraction of sp³-hybridized carbons (Fsp3) is 1.00. The topological polar surface area (TPSA) is 15.3 Å². The van der Waals surface area contributed by atoms with E-state index in [9.17, 15) is 0 Å². The molecule has 1 aliphatic carbocycles. The van der Waals surface area contributed by atoms with Crippen LogP contribution in [0.3, 0.4) is 0 Å². The smallest absolute Gasteiger partial charge is 0.00928 e. The molecule has 2 rings (SSSR count). The van der Waals surface area contributed by atoms with E-state index in [1.54, 1.807) is 0 Å². The van der Waals surface area contributed by atoms with Gasteiger partial charge in [0.15, 0.2) is 0 Å². The van der Waals surface area contributed by atoms with Gasteiger partial charge in [0.1, 0.15) is 0 Å². The first-order valence-electron chi connectivity index (χ1n) is 7.12. The normalized spacial score (nSPS) is 40.7. The average Bonchev–Trinajstić information content (AvgIpc) is 2.81. The highest BCUT2D eigenvalue weighted by atomic mass is 15.2. The van der Waals surface area contributed by atoms with Crippen LogP contribution in [0.25, 0.3) is 0 Å².